The molecule has 0 spiro atoms. The molecule has 0 saturated heterocycles. The van der Waals surface area contributed by atoms with Gasteiger partial charge >= 0.3 is 0 Å². The number of methoxy groups -OCH3 is 1. The van der Waals surface area contributed by atoms with Gasteiger partial charge in [0.05, 0.1) is 24.9 Å². The predicted molar refractivity (Wildman–Crippen MR) is 109 cm³/mol. The van der Waals surface area contributed by atoms with Gasteiger partial charge < -0.3 is 24.5 Å². The maximum absolute atomic E-state index is 6.19. The Morgan fingerprint density at radius 3 is 2.78 bits per heavy atom. The van der Waals surface area contributed by atoms with Crippen LogP contribution in [0.1, 0.15) is 24.7 Å². The van der Waals surface area contributed by atoms with Gasteiger partial charge in [-0.05, 0) is 43.2 Å². The molecule has 1 aromatic heterocycles. The Balaban J connectivity index is 1.89. The summed E-state index contributed by atoms with van der Waals surface area (Å²) in [6.45, 7) is 5.50. The van der Waals surface area contributed by atoms with Gasteiger partial charge in [-0.15, -0.1) is 0 Å². The molecule has 0 aliphatic heterocycles. The molecule has 2 rings (SSSR count). The van der Waals surface area contributed by atoms with E-state index in [4.69, 9.17) is 25.5 Å². The van der Waals surface area contributed by atoms with Crippen LogP contribution in [0.4, 0.5) is 0 Å². The van der Waals surface area contributed by atoms with Crippen LogP contribution in [-0.2, 0) is 17.7 Å². The summed E-state index contributed by atoms with van der Waals surface area (Å²) in [5, 5.41) is 7.26. The summed E-state index contributed by atoms with van der Waals surface area (Å²) in [6.07, 6.45) is 3.39. The lowest BCUT2D eigenvalue weighted by atomic mass is 10.2. The first-order valence-electron chi connectivity index (χ1n) is 9.17. The van der Waals surface area contributed by atoms with Gasteiger partial charge in [-0.25, -0.2) is 4.99 Å². The molecule has 1 heterocycles. The standard InChI is InChI=1S/C20H28ClN3O3/c1-3-26-12-5-10-22-20(23-11-9-17-6-4-13-27-17)24-15-16-7-8-19(25-2)18(21)14-16/h4,6-8,13-14H,3,5,9-12,15H2,1-2H3,(H2,22,23,24). The van der Waals surface area contributed by atoms with E-state index in [2.05, 4.69) is 15.6 Å². The van der Waals surface area contributed by atoms with Gasteiger partial charge in [0.25, 0.3) is 0 Å². The second-order valence-electron chi connectivity index (χ2n) is 5.87. The highest BCUT2D eigenvalue weighted by atomic mass is 35.5. The van der Waals surface area contributed by atoms with Crippen LogP contribution in [0, 0.1) is 0 Å². The van der Waals surface area contributed by atoms with Crippen LogP contribution in [0.25, 0.3) is 0 Å². The number of nitrogens with one attached hydrogen (secondary N) is 2. The van der Waals surface area contributed by atoms with Crippen LogP contribution < -0.4 is 15.4 Å². The number of benzene rings is 1. The van der Waals surface area contributed by atoms with Crippen molar-refractivity contribution in [1.29, 1.82) is 0 Å². The van der Waals surface area contributed by atoms with E-state index in [0.29, 0.717) is 17.3 Å². The molecule has 0 radical (unpaired) electrons. The molecular weight excluding hydrogens is 366 g/mol. The van der Waals surface area contributed by atoms with Crippen LogP contribution >= 0.6 is 11.6 Å². The van der Waals surface area contributed by atoms with Gasteiger partial charge in [0.2, 0.25) is 0 Å². The number of nitrogens with zero attached hydrogens (tertiary/aromatic N) is 1. The minimum atomic E-state index is 0.519. The predicted octanol–water partition coefficient (Wildman–Crippen LogP) is 3.65. The van der Waals surface area contributed by atoms with Crippen molar-refractivity contribution in [2.45, 2.75) is 26.3 Å². The summed E-state index contributed by atoms with van der Waals surface area (Å²) in [6, 6.07) is 9.55. The first kappa shape index (κ1) is 21.1. The number of rotatable bonds is 11. The van der Waals surface area contributed by atoms with Crippen molar-refractivity contribution in [3.05, 3.63) is 52.9 Å². The number of aliphatic imine (C=N–C) groups is 1. The molecule has 0 saturated carbocycles. The van der Waals surface area contributed by atoms with Crippen molar-refractivity contribution in [3.8, 4) is 5.75 Å². The number of halogens is 1. The number of guanidine groups is 1. The van der Waals surface area contributed by atoms with Crippen molar-refractivity contribution in [1.82, 2.24) is 10.6 Å². The van der Waals surface area contributed by atoms with Crippen molar-refractivity contribution in [2.24, 2.45) is 4.99 Å². The third-order valence-corrected chi connectivity index (χ3v) is 4.14. The van der Waals surface area contributed by atoms with Crippen molar-refractivity contribution < 1.29 is 13.9 Å². The fourth-order valence-electron chi connectivity index (χ4n) is 2.44. The maximum atomic E-state index is 6.19. The SMILES string of the molecule is CCOCCCNC(=NCc1ccc(OC)c(Cl)c1)NCCc1ccco1. The quantitative estimate of drug-likeness (QED) is 0.346. The molecule has 0 unspecified atom stereocenters. The van der Waals surface area contributed by atoms with E-state index in [9.17, 15) is 0 Å². The minimum absolute atomic E-state index is 0.519. The summed E-state index contributed by atoms with van der Waals surface area (Å²) in [5.41, 5.74) is 1.02. The Hall–Kier alpha value is -2.18. The van der Waals surface area contributed by atoms with Crippen molar-refractivity contribution >= 4 is 17.6 Å². The van der Waals surface area contributed by atoms with Gasteiger partial charge in [-0.1, -0.05) is 17.7 Å². The molecule has 0 fully saturated rings. The second kappa shape index (κ2) is 12.3. The third-order valence-electron chi connectivity index (χ3n) is 3.84. The summed E-state index contributed by atoms with van der Waals surface area (Å²) in [4.78, 5) is 4.65. The Bertz CT molecular complexity index is 690. The normalized spacial score (nSPS) is 11.4. The molecule has 0 atom stereocenters. The van der Waals surface area contributed by atoms with Gasteiger partial charge in [-0.3, -0.25) is 0 Å². The molecule has 2 aromatic rings. The Kier molecular flexibility index (Phi) is 9.58. The fraction of sp³-hybridized carbons (Fsp3) is 0.450. The van der Waals surface area contributed by atoms with Crippen LogP contribution in [0.5, 0.6) is 5.75 Å². The average Bonchev–Trinajstić information content (AvgIpc) is 3.19. The summed E-state index contributed by atoms with van der Waals surface area (Å²) < 4.78 is 15.9. The van der Waals surface area contributed by atoms with Crippen LogP contribution in [0.2, 0.25) is 5.02 Å². The van der Waals surface area contributed by atoms with Crippen LogP contribution in [-0.4, -0.2) is 39.4 Å². The van der Waals surface area contributed by atoms with Crippen LogP contribution in [0.15, 0.2) is 46.0 Å². The van der Waals surface area contributed by atoms with E-state index in [1.165, 1.54) is 0 Å². The molecule has 148 valence electrons. The minimum Gasteiger partial charge on any atom is -0.495 e. The lowest BCUT2D eigenvalue weighted by Gasteiger charge is -2.12. The highest BCUT2D eigenvalue weighted by molar-refractivity contribution is 6.32. The van der Waals surface area contributed by atoms with E-state index < -0.39 is 0 Å². The fourth-order valence-corrected chi connectivity index (χ4v) is 2.72. The van der Waals surface area contributed by atoms with E-state index in [1.807, 2.05) is 37.3 Å². The lowest BCUT2D eigenvalue weighted by molar-refractivity contribution is 0.145. The number of hydrogen-bond donors (Lipinski definition) is 2. The Morgan fingerprint density at radius 2 is 2.07 bits per heavy atom. The maximum Gasteiger partial charge on any atom is 0.191 e. The number of hydrogen-bond acceptors (Lipinski definition) is 4. The molecular formula is C20H28ClN3O3. The van der Waals surface area contributed by atoms with Crippen molar-refractivity contribution in [2.75, 3.05) is 33.4 Å². The zero-order chi connectivity index (χ0) is 19.3. The first-order valence-corrected chi connectivity index (χ1v) is 9.55. The molecule has 2 N–H and O–H groups in total. The first-order chi connectivity index (χ1) is 13.2. The molecule has 0 bridgehead atoms. The molecule has 7 heteroatoms. The molecule has 0 amide bonds. The Morgan fingerprint density at radius 1 is 1.22 bits per heavy atom. The second-order valence-corrected chi connectivity index (χ2v) is 6.27. The summed E-state index contributed by atoms with van der Waals surface area (Å²) >= 11 is 6.19. The smallest absolute Gasteiger partial charge is 0.191 e. The largest absolute Gasteiger partial charge is 0.495 e. The zero-order valence-electron chi connectivity index (χ0n) is 16.0. The van der Waals surface area contributed by atoms with Crippen molar-refractivity contribution in [3.63, 3.8) is 0 Å². The Labute approximate surface area is 165 Å². The van der Waals surface area contributed by atoms with E-state index in [0.717, 1.165) is 56.4 Å². The molecule has 0 aliphatic rings. The number of ether oxygens (including phenoxy) is 2. The highest BCUT2D eigenvalue weighted by Crippen LogP contribution is 2.25. The molecule has 1 aromatic carbocycles. The van der Waals surface area contributed by atoms with E-state index in [-0.39, 0.29) is 0 Å². The average molecular weight is 394 g/mol. The van der Waals surface area contributed by atoms with Gasteiger partial charge in [0, 0.05) is 32.7 Å². The van der Waals surface area contributed by atoms with Gasteiger partial charge in [0.1, 0.15) is 11.5 Å². The molecule has 6 nitrogen and oxygen atoms in total. The van der Waals surface area contributed by atoms with Crippen LogP contribution in [0.3, 0.4) is 0 Å². The molecule has 0 aliphatic carbocycles. The van der Waals surface area contributed by atoms with Gasteiger partial charge in [0.15, 0.2) is 5.96 Å². The summed E-state index contributed by atoms with van der Waals surface area (Å²) in [5.74, 6) is 2.36. The number of furan rings is 1. The van der Waals surface area contributed by atoms with Gasteiger partial charge in [-0.2, -0.15) is 0 Å². The lowest BCUT2D eigenvalue weighted by Crippen LogP contribution is -2.39. The topological polar surface area (TPSA) is 68.0 Å². The monoisotopic (exact) mass is 393 g/mol. The highest BCUT2D eigenvalue weighted by Gasteiger charge is 2.04. The zero-order valence-corrected chi connectivity index (χ0v) is 16.7. The summed E-state index contributed by atoms with van der Waals surface area (Å²) in [7, 11) is 1.60. The third kappa shape index (κ3) is 7.93. The van der Waals surface area contributed by atoms with E-state index in [1.54, 1.807) is 13.4 Å². The molecule has 27 heavy (non-hydrogen) atoms. The van der Waals surface area contributed by atoms with E-state index >= 15 is 0 Å².